The second-order valence-electron chi connectivity index (χ2n) is 5.68. The lowest BCUT2D eigenvalue weighted by Crippen LogP contribution is -2.38. The molecule has 2 heteroatoms. The first-order valence-corrected chi connectivity index (χ1v) is 7.25. The highest BCUT2D eigenvalue weighted by molar-refractivity contribution is 5.17. The molecule has 2 aromatic carbocycles. The lowest BCUT2D eigenvalue weighted by Gasteiger charge is -2.29. The Morgan fingerprint density at radius 3 is 1.76 bits per heavy atom. The van der Waals surface area contributed by atoms with Gasteiger partial charge in [0, 0.05) is 19.6 Å². The first kappa shape index (κ1) is 15.5. The van der Waals surface area contributed by atoms with Gasteiger partial charge in [-0.3, -0.25) is 4.90 Å². The molecule has 0 radical (unpaired) electrons. The molecule has 0 bridgehead atoms. The van der Waals surface area contributed by atoms with E-state index in [9.17, 15) is 5.11 Å². The molecule has 0 spiro atoms. The summed E-state index contributed by atoms with van der Waals surface area (Å²) in [6.07, 6.45) is 1.61. The molecule has 1 atom stereocenters. The van der Waals surface area contributed by atoms with Gasteiger partial charge in [0.2, 0.25) is 0 Å². The SMILES string of the molecule is C=CC(C)(O)CN(Cc1ccccc1)Cc1ccccc1. The molecule has 110 valence electrons. The largest absolute Gasteiger partial charge is 0.385 e. The van der Waals surface area contributed by atoms with Gasteiger partial charge in [0.25, 0.3) is 0 Å². The first-order valence-electron chi connectivity index (χ1n) is 7.25. The van der Waals surface area contributed by atoms with Gasteiger partial charge in [0.05, 0.1) is 5.60 Å². The molecular weight excluding hydrogens is 258 g/mol. The maximum atomic E-state index is 10.3. The van der Waals surface area contributed by atoms with E-state index in [-0.39, 0.29) is 0 Å². The molecule has 0 fully saturated rings. The molecule has 0 aliphatic heterocycles. The van der Waals surface area contributed by atoms with E-state index in [0.29, 0.717) is 6.54 Å². The Balaban J connectivity index is 2.12. The number of nitrogens with zero attached hydrogens (tertiary/aromatic N) is 1. The third-order valence-corrected chi connectivity index (χ3v) is 3.48. The Labute approximate surface area is 127 Å². The molecule has 1 unspecified atom stereocenters. The van der Waals surface area contributed by atoms with E-state index in [1.807, 2.05) is 36.4 Å². The molecule has 0 saturated heterocycles. The van der Waals surface area contributed by atoms with Crippen molar-refractivity contribution in [3.05, 3.63) is 84.4 Å². The van der Waals surface area contributed by atoms with Gasteiger partial charge in [-0.25, -0.2) is 0 Å². The monoisotopic (exact) mass is 281 g/mol. The summed E-state index contributed by atoms with van der Waals surface area (Å²) >= 11 is 0. The summed E-state index contributed by atoms with van der Waals surface area (Å²) in [6, 6.07) is 20.7. The van der Waals surface area contributed by atoms with Crippen molar-refractivity contribution >= 4 is 0 Å². The predicted octanol–water partition coefficient (Wildman–Crippen LogP) is 3.63. The van der Waals surface area contributed by atoms with Gasteiger partial charge in [-0.15, -0.1) is 6.58 Å². The maximum Gasteiger partial charge on any atom is 0.0923 e. The van der Waals surface area contributed by atoms with Crippen molar-refractivity contribution in [2.24, 2.45) is 0 Å². The van der Waals surface area contributed by atoms with Crippen molar-refractivity contribution in [3.63, 3.8) is 0 Å². The Kier molecular flexibility index (Phi) is 5.32. The van der Waals surface area contributed by atoms with Crippen molar-refractivity contribution in [1.29, 1.82) is 0 Å². The van der Waals surface area contributed by atoms with E-state index in [2.05, 4.69) is 35.7 Å². The highest BCUT2D eigenvalue weighted by Gasteiger charge is 2.20. The number of hydrogen-bond acceptors (Lipinski definition) is 2. The summed E-state index contributed by atoms with van der Waals surface area (Å²) in [6.45, 7) is 7.68. The quantitative estimate of drug-likeness (QED) is 0.783. The molecule has 2 aromatic rings. The highest BCUT2D eigenvalue weighted by Crippen LogP contribution is 2.15. The van der Waals surface area contributed by atoms with Crippen LogP contribution in [-0.2, 0) is 13.1 Å². The van der Waals surface area contributed by atoms with Crippen LogP contribution in [0.1, 0.15) is 18.1 Å². The Bertz CT molecular complexity index is 507. The van der Waals surface area contributed by atoms with Gasteiger partial charge in [-0.05, 0) is 18.1 Å². The van der Waals surface area contributed by atoms with Crippen LogP contribution in [0.5, 0.6) is 0 Å². The zero-order valence-corrected chi connectivity index (χ0v) is 12.6. The van der Waals surface area contributed by atoms with Crippen molar-refractivity contribution in [2.75, 3.05) is 6.54 Å². The van der Waals surface area contributed by atoms with Gasteiger partial charge >= 0.3 is 0 Å². The normalized spacial score (nSPS) is 13.9. The summed E-state index contributed by atoms with van der Waals surface area (Å²) in [7, 11) is 0. The van der Waals surface area contributed by atoms with E-state index < -0.39 is 5.60 Å². The van der Waals surface area contributed by atoms with Gasteiger partial charge in [0.1, 0.15) is 0 Å². The molecule has 0 amide bonds. The fourth-order valence-electron chi connectivity index (χ4n) is 2.37. The molecule has 21 heavy (non-hydrogen) atoms. The van der Waals surface area contributed by atoms with E-state index >= 15 is 0 Å². The summed E-state index contributed by atoms with van der Waals surface area (Å²) in [5.74, 6) is 0. The molecule has 2 rings (SSSR count). The number of rotatable bonds is 7. The van der Waals surface area contributed by atoms with Crippen LogP contribution in [0, 0.1) is 0 Å². The van der Waals surface area contributed by atoms with Crippen LogP contribution in [-0.4, -0.2) is 22.2 Å². The molecule has 0 heterocycles. The number of benzene rings is 2. The number of hydrogen-bond donors (Lipinski definition) is 1. The minimum absolute atomic E-state index is 0.556. The minimum atomic E-state index is -0.885. The summed E-state index contributed by atoms with van der Waals surface area (Å²) in [4.78, 5) is 2.24. The molecule has 2 nitrogen and oxygen atoms in total. The predicted molar refractivity (Wildman–Crippen MR) is 87.8 cm³/mol. The van der Waals surface area contributed by atoms with E-state index in [0.717, 1.165) is 13.1 Å². The molecular formula is C19H23NO. The van der Waals surface area contributed by atoms with Crippen LogP contribution < -0.4 is 0 Å². The average Bonchev–Trinajstić information content (AvgIpc) is 2.49. The van der Waals surface area contributed by atoms with Crippen molar-refractivity contribution in [2.45, 2.75) is 25.6 Å². The third kappa shape index (κ3) is 5.18. The zero-order chi connectivity index (χ0) is 15.1. The molecule has 0 aromatic heterocycles. The van der Waals surface area contributed by atoms with Gasteiger partial charge in [-0.2, -0.15) is 0 Å². The maximum absolute atomic E-state index is 10.3. The Morgan fingerprint density at radius 2 is 1.38 bits per heavy atom. The smallest absolute Gasteiger partial charge is 0.0923 e. The summed E-state index contributed by atoms with van der Waals surface area (Å²) in [5.41, 5.74) is 1.60. The van der Waals surface area contributed by atoms with Crippen LogP contribution in [0.25, 0.3) is 0 Å². The van der Waals surface area contributed by atoms with Gasteiger partial charge < -0.3 is 5.11 Å². The van der Waals surface area contributed by atoms with Crippen LogP contribution in [0.3, 0.4) is 0 Å². The molecule has 1 N–H and O–H groups in total. The molecule has 0 aliphatic carbocycles. The second-order valence-corrected chi connectivity index (χ2v) is 5.68. The van der Waals surface area contributed by atoms with Crippen molar-refractivity contribution < 1.29 is 5.11 Å². The fourth-order valence-corrected chi connectivity index (χ4v) is 2.37. The zero-order valence-electron chi connectivity index (χ0n) is 12.6. The minimum Gasteiger partial charge on any atom is -0.385 e. The second kappa shape index (κ2) is 7.21. The summed E-state index contributed by atoms with van der Waals surface area (Å²) < 4.78 is 0. The fraction of sp³-hybridized carbons (Fsp3) is 0.263. The van der Waals surface area contributed by atoms with E-state index in [1.54, 1.807) is 13.0 Å². The topological polar surface area (TPSA) is 23.5 Å². The molecule has 0 aliphatic rings. The number of aliphatic hydroxyl groups is 1. The Hall–Kier alpha value is -1.90. The third-order valence-electron chi connectivity index (χ3n) is 3.48. The highest BCUT2D eigenvalue weighted by atomic mass is 16.3. The van der Waals surface area contributed by atoms with Crippen LogP contribution in [0.4, 0.5) is 0 Å². The first-order chi connectivity index (χ1) is 10.1. The van der Waals surface area contributed by atoms with E-state index in [1.165, 1.54) is 11.1 Å². The average molecular weight is 281 g/mol. The standard InChI is InChI=1S/C19H23NO/c1-3-19(2,21)16-20(14-17-10-6-4-7-11-17)15-18-12-8-5-9-13-18/h3-13,21H,1,14-16H2,2H3. The van der Waals surface area contributed by atoms with Crippen LogP contribution >= 0.6 is 0 Å². The van der Waals surface area contributed by atoms with Crippen LogP contribution in [0.15, 0.2) is 73.3 Å². The van der Waals surface area contributed by atoms with Crippen LogP contribution in [0.2, 0.25) is 0 Å². The van der Waals surface area contributed by atoms with Gasteiger partial charge in [0.15, 0.2) is 0 Å². The lowest BCUT2D eigenvalue weighted by molar-refractivity contribution is 0.0556. The van der Waals surface area contributed by atoms with E-state index in [4.69, 9.17) is 0 Å². The Morgan fingerprint density at radius 1 is 0.952 bits per heavy atom. The lowest BCUT2D eigenvalue weighted by atomic mass is 10.1. The van der Waals surface area contributed by atoms with Crippen molar-refractivity contribution in [1.82, 2.24) is 4.90 Å². The summed E-state index contributed by atoms with van der Waals surface area (Å²) in [5, 5.41) is 10.3. The van der Waals surface area contributed by atoms with Crippen molar-refractivity contribution in [3.8, 4) is 0 Å². The van der Waals surface area contributed by atoms with Gasteiger partial charge in [-0.1, -0.05) is 66.7 Å². The molecule has 0 saturated carbocycles.